The van der Waals surface area contributed by atoms with Gasteiger partial charge in [0.15, 0.2) is 0 Å². The highest BCUT2D eigenvalue weighted by atomic mass is 32.2. The third kappa shape index (κ3) is 2.59. The fourth-order valence-corrected chi connectivity index (χ4v) is 1.87. The van der Waals surface area contributed by atoms with Crippen LogP contribution in [0.4, 0.5) is 13.2 Å². The molecule has 1 saturated heterocycles. The molecular formula is C10H9F3O4S. The largest absolute Gasteiger partial charge is 0.534 e. The molecule has 1 aliphatic heterocycles. The van der Waals surface area contributed by atoms with Gasteiger partial charge in [0.2, 0.25) is 0 Å². The molecule has 0 unspecified atom stereocenters. The van der Waals surface area contributed by atoms with Gasteiger partial charge in [-0.05, 0) is 17.7 Å². The highest BCUT2D eigenvalue weighted by Gasteiger charge is 2.48. The molecule has 1 heterocycles. The summed E-state index contributed by atoms with van der Waals surface area (Å²) in [4.78, 5) is 0. The van der Waals surface area contributed by atoms with Crippen molar-refractivity contribution in [2.75, 3.05) is 13.2 Å². The Labute approximate surface area is 101 Å². The molecule has 0 spiro atoms. The van der Waals surface area contributed by atoms with Gasteiger partial charge < -0.3 is 8.92 Å². The topological polar surface area (TPSA) is 52.6 Å². The van der Waals surface area contributed by atoms with Crippen molar-refractivity contribution in [1.29, 1.82) is 0 Å². The van der Waals surface area contributed by atoms with Gasteiger partial charge in [-0.25, -0.2) is 0 Å². The summed E-state index contributed by atoms with van der Waals surface area (Å²) in [6.45, 7) is 0.935. The summed E-state index contributed by atoms with van der Waals surface area (Å²) in [5, 5.41) is 0. The van der Waals surface area contributed by atoms with E-state index in [0.717, 1.165) is 6.07 Å². The predicted octanol–water partition coefficient (Wildman–Crippen LogP) is 2.03. The van der Waals surface area contributed by atoms with Gasteiger partial charge in [0.25, 0.3) is 0 Å². The molecule has 0 N–H and O–H groups in total. The van der Waals surface area contributed by atoms with E-state index in [0.29, 0.717) is 18.8 Å². The number of ether oxygens (including phenoxy) is 1. The molecule has 100 valence electrons. The molecule has 18 heavy (non-hydrogen) atoms. The van der Waals surface area contributed by atoms with Gasteiger partial charge in [-0.3, -0.25) is 0 Å². The Bertz CT molecular complexity index is 534. The van der Waals surface area contributed by atoms with Crippen molar-refractivity contribution in [2.45, 2.75) is 11.4 Å². The zero-order chi connectivity index (χ0) is 13.4. The van der Waals surface area contributed by atoms with E-state index in [1.807, 2.05) is 0 Å². The minimum atomic E-state index is -5.61. The van der Waals surface area contributed by atoms with Crippen molar-refractivity contribution >= 4 is 10.1 Å². The normalized spacial score (nSPS) is 17.3. The molecule has 0 amide bonds. The molecular weight excluding hydrogens is 273 g/mol. The molecule has 1 aromatic carbocycles. The Hall–Kier alpha value is -1.28. The lowest BCUT2D eigenvalue weighted by Gasteiger charge is -2.26. The second-order valence-corrected chi connectivity index (χ2v) is 5.33. The van der Waals surface area contributed by atoms with E-state index < -0.39 is 15.6 Å². The maximum Gasteiger partial charge on any atom is 0.534 e. The Kier molecular flexibility index (Phi) is 3.24. The Balaban J connectivity index is 2.19. The quantitative estimate of drug-likeness (QED) is 0.629. The first kappa shape index (κ1) is 13.2. The van der Waals surface area contributed by atoms with Crippen molar-refractivity contribution in [3.8, 4) is 5.75 Å². The molecule has 1 aromatic rings. The molecule has 0 atom stereocenters. The molecule has 1 fully saturated rings. The van der Waals surface area contributed by atoms with Crippen LogP contribution in [0.2, 0.25) is 0 Å². The summed E-state index contributed by atoms with van der Waals surface area (Å²) in [7, 11) is -5.61. The van der Waals surface area contributed by atoms with E-state index in [4.69, 9.17) is 4.74 Å². The zero-order valence-electron chi connectivity index (χ0n) is 8.98. The Morgan fingerprint density at radius 2 is 1.94 bits per heavy atom. The maximum atomic E-state index is 12.1. The average molecular weight is 282 g/mol. The number of rotatable bonds is 3. The summed E-state index contributed by atoms with van der Waals surface area (Å²) >= 11 is 0. The summed E-state index contributed by atoms with van der Waals surface area (Å²) in [5.74, 6) is -0.279. The molecule has 2 rings (SSSR count). The second-order valence-electron chi connectivity index (χ2n) is 3.79. The molecule has 0 aliphatic carbocycles. The SMILES string of the molecule is O=S(=O)(Oc1cccc(C2COC2)c1)C(F)(F)F. The standard InChI is InChI=1S/C10H9F3O4S/c11-10(12,13)18(14,15)17-9-3-1-2-7(4-9)8-5-16-6-8/h1-4,8H,5-6H2. The van der Waals surface area contributed by atoms with E-state index in [9.17, 15) is 21.6 Å². The molecule has 1 aliphatic rings. The fraction of sp³-hybridized carbons (Fsp3) is 0.400. The third-order valence-corrected chi connectivity index (χ3v) is 3.44. The third-order valence-electron chi connectivity index (χ3n) is 2.46. The van der Waals surface area contributed by atoms with Gasteiger partial charge in [0, 0.05) is 5.92 Å². The van der Waals surface area contributed by atoms with Gasteiger partial charge >= 0.3 is 15.6 Å². The number of benzene rings is 1. The van der Waals surface area contributed by atoms with Crippen LogP contribution in [-0.4, -0.2) is 27.1 Å². The van der Waals surface area contributed by atoms with Crippen molar-refractivity contribution in [3.05, 3.63) is 29.8 Å². The van der Waals surface area contributed by atoms with Gasteiger partial charge in [0.05, 0.1) is 13.2 Å². The van der Waals surface area contributed by atoms with E-state index >= 15 is 0 Å². The van der Waals surface area contributed by atoms with Gasteiger partial charge in [-0.1, -0.05) is 12.1 Å². The van der Waals surface area contributed by atoms with E-state index in [2.05, 4.69) is 4.18 Å². The first-order valence-corrected chi connectivity index (χ1v) is 6.39. The van der Waals surface area contributed by atoms with Gasteiger partial charge in [-0.2, -0.15) is 21.6 Å². The highest BCUT2D eigenvalue weighted by molar-refractivity contribution is 7.87. The predicted molar refractivity (Wildman–Crippen MR) is 55.6 cm³/mol. The molecule has 8 heteroatoms. The molecule has 0 radical (unpaired) electrons. The highest BCUT2D eigenvalue weighted by Crippen LogP contribution is 2.30. The van der Waals surface area contributed by atoms with Gasteiger partial charge in [0.1, 0.15) is 5.75 Å². The van der Waals surface area contributed by atoms with Crippen LogP contribution in [0.25, 0.3) is 0 Å². The molecule has 0 aromatic heterocycles. The lowest BCUT2D eigenvalue weighted by atomic mass is 9.98. The van der Waals surface area contributed by atoms with E-state index in [1.165, 1.54) is 12.1 Å². The van der Waals surface area contributed by atoms with Crippen molar-refractivity contribution in [3.63, 3.8) is 0 Å². The summed E-state index contributed by atoms with van der Waals surface area (Å²) < 4.78 is 67.0. The monoisotopic (exact) mass is 282 g/mol. The van der Waals surface area contributed by atoms with Crippen molar-refractivity contribution in [1.82, 2.24) is 0 Å². The number of alkyl halides is 3. The number of halogens is 3. The number of hydrogen-bond acceptors (Lipinski definition) is 4. The first-order chi connectivity index (χ1) is 8.29. The smallest absolute Gasteiger partial charge is 0.380 e. The van der Waals surface area contributed by atoms with Crippen LogP contribution < -0.4 is 4.18 Å². The molecule has 0 bridgehead atoms. The molecule has 4 nitrogen and oxygen atoms in total. The van der Waals surface area contributed by atoms with Gasteiger partial charge in [-0.15, -0.1) is 0 Å². The first-order valence-electron chi connectivity index (χ1n) is 4.98. The summed E-state index contributed by atoms with van der Waals surface area (Å²) in [6.07, 6.45) is 0. The lowest BCUT2D eigenvalue weighted by Crippen LogP contribution is -2.28. The summed E-state index contributed by atoms with van der Waals surface area (Å²) in [6, 6.07) is 5.55. The van der Waals surface area contributed by atoms with Crippen LogP contribution in [0.1, 0.15) is 11.5 Å². The summed E-state index contributed by atoms with van der Waals surface area (Å²) in [5.41, 5.74) is -4.74. The minimum absolute atomic E-state index is 0.0714. The van der Waals surface area contributed by atoms with Crippen molar-refractivity contribution < 1.29 is 30.5 Å². The Morgan fingerprint density at radius 1 is 1.28 bits per heavy atom. The van der Waals surface area contributed by atoms with E-state index in [1.54, 1.807) is 6.07 Å². The minimum Gasteiger partial charge on any atom is -0.380 e. The lowest BCUT2D eigenvalue weighted by molar-refractivity contribution is -0.0500. The second kappa shape index (κ2) is 4.43. The fourth-order valence-electron chi connectivity index (χ4n) is 1.42. The number of hydrogen-bond donors (Lipinski definition) is 0. The Morgan fingerprint density at radius 3 is 2.44 bits per heavy atom. The van der Waals surface area contributed by atoms with Crippen LogP contribution in [0.5, 0.6) is 5.75 Å². The molecule has 0 saturated carbocycles. The zero-order valence-corrected chi connectivity index (χ0v) is 9.79. The van der Waals surface area contributed by atoms with Crippen LogP contribution >= 0.6 is 0 Å². The van der Waals surface area contributed by atoms with Crippen LogP contribution in [0.15, 0.2) is 24.3 Å². The van der Waals surface area contributed by atoms with Crippen LogP contribution in [0.3, 0.4) is 0 Å². The van der Waals surface area contributed by atoms with E-state index in [-0.39, 0.29) is 11.7 Å². The maximum absolute atomic E-state index is 12.1. The van der Waals surface area contributed by atoms with Crippen LogP contribution in [-0.2, 0) is 14.9 Å². The van der Waals surface area contributed by atoms with Crippen molar-refractivity contribution in [2.24, 2.45) is 0 Å². The van der Waals surface area contributed by atoms with Crippen LogP contribution in [0, 0.1) is 0 Å². The average Bonchev–Trinajstić information content (AvgIpc) is 2.12.